The highest BCUT2D eigenvalue weighted by atomic mass is 32.1. The number of allylic oxidation sites excluding steroid dienone is 5. The SMILES string of the molecule is CCN(c1ccccc1[N+](=O)[O-])c1sc(C(=C2C=CC(=[N+](CC)c3c(C)cccc3C)C=C2)c2ccc(N(CC)c3c(C)cccc3C)cc2)c(-c2ccccc2)c1C#N. The summed E-state index contributed by atoms with van der Waals surface area (Å²) in [4.78, 5) is 17.2. The predicted molar refractivity (Wildman–Crippen MR) is 251 cm³/mol. The van der Waals surface area contributed by atoms with Gasteiger partial charge >= 0.3 is 0 Å². The van der Waals surface area contributed by atoms with Gasteiger partial charge in [-0.3, -0.25) is 10.1 Å². The Labute approximate surface area is 358 Å². The fraction of sp³-hybridized carbons (Fsp3) is 0.192. The average molecular weight is 809 g/mol. The molecule has 1 aliphatic rings. The lowest BCUT2D eigenvalue weighted by Gasteiger charge is -2.27. The zero-order valence-corrected chi connectivity index (χ0v) is 36.2. The van der Waals surface area contributed by atoms with Crippen molar-refractivity contribution in [2.75, 3.05) is 29.4 Å². The Balaban J connectivity index is 1.50. The minimum Gasteiger partial charge on any atom is -0.341 e. The quantitative estimate of drug-likeness (QED) is 0.0699. The summed E-state index contributed by atoms with van der Waals surface area (Å²) in [5, 5.41) is 24.1. The van der Waals surface area contributed by atoms with Gasteiger partial charge in [-0.05, 0) is 107 Å². The van der Waals surface area contributed by atoms with E-state index in [4.69, 9.17) is 0 Å². The average Bonchev–Trinajstić information content (AvgIpc) is 3.63. The number of hydrogen-bond acceptors (Lipinski definition) is 6. The minimum absolute atomic E-state index is 0.0106. The van der Waals surface area contributed by atoms with Crippen LogP contribution in [0.25, 0.3) is 16.7 Å². The number of benzene rings is 5. The van der Waals surface area contributed by atoms with Crippen molar-refractivity contribution >= 4 is 56.1 Å². The van der Waals surface area contributed by atoms with Gasteiger partial charge in [0.15, 0.2) is 0 Å². The fourth-order valence-electron chi connectivity index (χ4n) is 8.49. The molecule has 1 heterocycles. The van der Waals surface area contributed by atoms with Crippen LogP contribution in [0.15, 0.2) is 145 Å². The summed E-state index contributed by atoms with van der Waals surface area (Å²) in [6.45, 7) is 17.0. The number of para-hydroxylation sites is 4. The molecule has 0 bridgehead atoms. The molecule has 0 saturated heterocycles. The van der Waals surface area contributed by atoms with E-state index in [0.717, 1.165) is 57.2 Å². The summed E-state index contributed by atoms with van der Waals surface area (Å²) >= 11 is 1.51. The Kier molecular flexibility index (Phi) is 12.4. The molecule has 0 fully saturated rings. The number of anilines is 4. The molecule has 60 heavy (non-hydrogen) atoms. The standard InChI is InChI=1S/C52H50N5O2S/c1-8-54(49-35(4)18-16-19-36(49)5)42-30-26-40(27-31-42)47(41-28-32-43(33-29-41)55(9-2)50-37(6)20-17-21-38(50)7)51-48(39-22-12-11-13-23-39)44(34-53)52(60-51)56(10-3)45-24-14-15-25-46(45)57(58)59/h11-33H,8-10H2,1-7H3/q+1. The van der Waals surface area contributed by atoms with Gasteiger partial charge in [0.1, 0.15) is 23.3 Å². The largest absolute Gasteiger partial charge is 0.341 e. The van der Waals surface area contributed by atoms with Crippen LogP contribution in [0.2, 0.25) is 0 Å². The van der Waals surface area contributed by atoms with E-state index in [1.54, 1.807) is 18.2 Å². The number of nitriles is 1. The molecule has 300 valence electrons. The number of nitrogens with zero attached hydrogens (tertiary/aromatic N) is 5. The van der Waals surface area contributed by atoms with Crippen molar-refractivity contribution in [3.8, 4) is 17.2 Å². The van der Waals surface area contributed by atoms with E-state index < -0.39 is 0 Å². The summed E-state index contributed by atoms with van der Waals surface area (Å²) in [6, 6.07) is 40.9. The van der Waals surface area contributed by atoms with Crippen LogP contribution in [0.3, 0.4) is 0 Å². The lowest BCUT2D eigenvalue weighted by molar-refractivity contribution is -0.435. The molecule has 0 unspecified atom stereocenters. The molecule has 0 N–H and O–H groups in total. The summed E-state index contributed by atoms with van der Waals surface area (Å²) in [5.74, 6) is 0. The third-order valence-electron chi connectivity index (χ3n) is 11.2. The van der Waals surface area contributed by atoms with Crippen molar-refractivity contribution in [1.82, 2.24) is 0 Å². The van der Waals surface area contributed by atoms with Gasteiger partial charge in [-0.25, -0.2) is 0 Å². The molecule has 0 amide bonds. The first-order valence-corrected chi connectivity index (χ1v) is 21.3. The molecule has 6 aromatic rings. The summed E-state index contributed by atoms with van der Waals surface area (Å²) in [5.41, 5.74) is 15.0. The Hall–Kier alpha value is -6.82. The first-order valence-electron chi connectivity index (χ1n) is 20.5. The number of nitro groups is 1. The maximum Gasteiger partial charge on any atom is 0.292 e. The summed E-state index contributed by atoms with van der Waals surface area (Å²) in [6.07, 6.45) is 8.74. The Morgan fingerprint density at radius 3 is 1.85 bits per heavy atom. The van der Waals surface area contributed by atoms with Crippen molar-refractivity contribution < 1.29 is 9.50 Å². The molecule has 7 nitrogen and oxygen atoms in total. The van der Waals surface area contributed by atoms with Crippen molar-refractivity contribution in [1.29, 1.82) is 5.26 Å². The van der Waals surface area contributed by atoms with Crippen LogP contribution in [0.4, 0.5) is 33.4 Å². The van der Waals surface area contributed by atoms with Gasteiger partial charge in [-0.15, -0.1) is 11.3 Å². The molecule has 1 aromatic heterocycles. The molecule has 0 radical (unpaired) electrons. The highest BCUT2D eigenvalue weighted by Gasteiger charge is 2.30. The second kappa shape index (κ2) is 18.0. The van der Waals surface area contributed by atoms with Crippen LogP contribution in [0.5, 0.6) is 0 Å². The van der Waals surface area contributed by atoms with E-state index in [2.05, 4.69) is 142 Å². The predicted octanol–water partition coefficient (Wildman–Crippen LogP) is 13.5. The van der Waals surface area contributed by atoms with Crippen molar-refractivity contribution in [2.24, 2.45) is 0 Å². The summed E-state index contributed by atoms with van der Waals surface area (Å²) < 4.78 is 2.36. The van der Waals surface area contributed by atoms with Gasteiger partial charge in [0, 0.05) is 69.8 Å². The monoisotopic (exact) mass is 808 g/mol. The van der Waals surface area contributed by atoms with Crippen LogP contribution < -0.4 is 9.80 Å². The molecule has 7 rings (SSSR count). The van der Waals surface area contributed by atoms with Gasteiger partial charge in [0.25, 0.3) is 5.69 Å². The van der Waals surface area contributed by atoms with Crippen LogP contribution in [0, 0.1) is 49.1 Å². The van der Waals surface area contributed by atoms with Crippen LogP contribution in [-0.4, -0.2) is 34.8 Å². The normalized spacial score (nSPS) is 12.0. The fourth-order valence-corrected chi connectivity index (χ4v) is 9.93. The van der Waals surface area contributed by atoms with E-state index in [1.165, 1.54) is 51.0 Å². The van der Waals surface area contributed by atoms with E-state index >= 15 is 0 Å². The van der Waals surface area contributed by atoms with Crippen LogP contribution in [0.1, 0.15) is 59.0 Å². The molecule has 0 saturated carbocycles. The first-order chi connectivity index (χ1) is 29.1. The molecule has 1 aliphatic carbocycles. The highest BCUT2D eigenvalue weighted by Crippen LogP contribution is 2.50. The third kappa shape index (κ3) is 7.84. The van der Waals surface area contributed by atoms with Crippen molar-refractivity contribution in [3.05, 3.63) is 194 Å². The maximum absolute atomic E-state index is 12.4. The zero-order chi connectivity index (χ0) is 42.5. The second-order valence-corrected chi connectivity index (χ2v) is 15.9. The van der Waals surface area contributed by atoms with Gasteiger partial charge in [0.2, 0.25) is 11.4 Å². The molecule has 8 heteroatoms. The Morgan fingerprint density at radius 2 is 1.28 bits per heavy atom. The zero-order valence-electron chi connectivity index (χ0n) is 35.4. The van der Waals surface area contributed by atoms with Gasteiger partial charge < -0.3 is 9.80 Å². The molecule has 0 atom stereocenters. The van der Waals surface area contributed by atoms with E-state index in [1.807, 2.05) is 42.2 Å². The third-order valence-corrected chi connectivity index (χ3v) is 12.4. The van der Waals surface area contributed by atoms with Gasteiger partial charge in [-0.1, -0.05) is 91.0 Å². The Bertz CT molecular complexity index is 2690. The topological polar surface area (TPSA) is 76.4 Å². The van der Waals surface area contributed by atoms with Crippen molar-refractivity contribution in [3.63, 3.8) is 0 Å². The number of hydrogen-bond donors (Lipinski definition) is 0. The molecular formula is C52H50N5O2S+. The minimum atomic E-state index is -0.354. The van der Waals surface area contributed by atoms with Crippen molar-refractivity contribution in [2.45, 2.75) is 48.5 Å². The smallest absolute Gasteiger partial charge is 0.292 e. The number of rotatable bonds is 12. The van der Waals surface area contributed by atoms with Crippen LogP contribution in [-0.2, 0) is 0 Å². The number of nitro benzene ring substituents is 1. The molecule has 0 spiro atoms. The highest BCUT2D eigenvalue weighted by molar-refractivity contribution is 7.18. The van der Waals surface area contributed by atoms with E-state index in [9.17, 15) is 15.4 Å². The maximum atomic E-state index is 12.4. The molecular weight excluding hydrogens is 759 g/mol. The number of thiophene rings is 1. The molecule has 5 aromatic carbocycles. The Morgan fingerprint density at radius 1 is 0.700 bits per heavy atom. The lowest BCUT2D eigenvalue weighted by atomic mass is 9.90. The van der Waals surface area contributed by atoms with E-state index in [0.29, 0.717) is 22.8 Å². The van der Waals surface area contributed by atoms with Gasteiger partial charge in [0.05, 0.1) is 10.5 Å². The number of aryl methyl sites for hydroxylation is 4. The van der Waals surface area contributed by atoms with E-state index in [-0.39, 0.29) is 10.6 Å². The second-order valence-electron chi connectivity index (χ2n) is 14.9. The lowest BCUT2D eigenvalue weighted by Crippen LogP contribution is -2.18. The van der Waals surface area contributed by atoms with Crippen LogP contribution >= 0.6 is 11.3 Å². The first kappa shape index (κ1) is 41.3. The summed E-state index contributed by atoms with van der Waals surface area (Å²) in [7, 11) is 0. The van der Waals surface area contributed by atoms with Gasteiger partial charge in [-0.2, -0.15) is 9.84 Å². The molecule has 0 aliphatic heterocycles.